The SMILES string of the molecule is Cc1cc(Cl)ccc1OCCNS(=O)(=O)c1ccc(F)cc1C. The van der Waals surface area contributed by atoms with E-state index in [-0.39, 0.29) is 18.0 Å². The summed E-state index contributed by atoms with van der Waals surface area (Å²) < 4.78 is 45.4. The van der Waals surface area contributed by atoms with Crippen LogP contribution < -0.4 is 9.46 Å². The Kier molecular flexibility index (Phi) is 5.62. The Bertz CT molecular complexity index is 809. The molecule has 0 atom stereocenters. The third kappa shape index (κ3) is 4.67. The van der Waals surface area contributed by atoms with Gasteiger partial charge < -0.3 is 4.74 Å². The van der Waals surface area contributed by atoms with Gasteiger partial charge in [-0.15, -0.1) is 0 Å². The molecular formula is C16H17ClFNO3S. The highest BCUT2D eigenvalue weighted by atomic mass is 35.5. The van der Waals surface area contributed by atoms with Gasteiger partial charge in [0.1, 0.15) is 18.2 Å². The number of nitrogens with one attached hydrogen (secondary N) is 1. The molecule has 0 radical (unpaired) electrons. The summed E-state index contributed by atoms with van der Waals surface area (Å²) >= 11 is 5.86. The van der Waals surface area contributed by atoms with Crippen LogP contribution in [0.3, 0.4) is 0 Å². The van der Waals surface area contributed by atoms with Gasteiger partial charge in [-0.1, -0.05) is 11.6 Å². The van der Waals surface area contributed by atoms with E-state index < -0.39 is 15.8 Å². The first-order valence-corrected chi connectivity index (χ1v) is 8.80. The van der Waals surface area contributed by atoms with Gasteiger partial charge in [0, 0.05) is 11.6 Å². The van der Waals surface area contributed by atoms with Crippen molar-refractivity contribution >= 4 is 21.6 Å². The van der Waals surface area contributed by atoms with E-state index in [1.807, 2.05) is 6.92 Å². The van der Waals surface area contributed by atoms with Crippen molar-refractivity contribution in [3.05, 3.63) is 58.4 Å². The first kappa shape index (κ1) is 17.7. The fraction of sp³-hybridized carbons (Fsp3) is 0.250. The molecule has 0 spiro atoms. The minimum absolute atomic E-state index is 0.0570. The fourth-order valence-electron chi connectivity index (χ4n) is 2.10. The molecule has 0 aromatic heterocycles. The Hall–Kier alpha value is -1.63. The average molecular weight is 358 g/mol. The molecule has 0 unspecified atom stereocenters. The van der Waals surface area contributed by atoms with Gasteiger partial charge in [-0.05, 0) is 61.4 Å². The van der Waals surface area contributed by atoms with Crippen LogP contribution in [0.1, 0.15) is 11.1 Å². The van der Waals surface area contributed by atoms with Crippen molar-refractivity contribution in [3.8, 4) is 5.75 Å². The highest BCUT2D eigenvalue weighted by molar-refractivity contribution is 7.89. The van der Waals surface area contributed by atoms with Gasteiger partial charge in [0.05, 0.1) is 4.90 Å². The Morgan fingerprint density at radius 2 is 1.87 bits per heavy atom. The van der Waals surface area contributed by atoms with Gasteiger partial charge in [0.15, 0.2) is 0 Å². The molecule has 0 amide bonds. The predicted molar refractivity (Wildman–Crippen MR) is 88.0 cm³/mol. The average Bonchev–Trinajstić information content (AvgIpc) is 2.45. The van der Waals surface area contributed by atoms with E-state index in [9.17, 15) is 12.8 Å². The topological polar surface area (TPSA) is 55.4 Å². The molecule has 2 aromatic rings. The van der Waals surface area contributed by atoms with E-state index in [1.54, 1.807) is 25.1 Å². The predicted octanol–water partition coefficient (Wildman–Crippen LogP) is 3.45. The molecule has 124 valence electrons. The van der Waals surface area contributed by atoms with Gasteiger partial charge in [0.2, 0.25) is 10.0 Å². The van der Waals surface area contributed by atoms with Gasteiger partial charge in [-0.25, -0.2) is 17.5 Å². The number of ether oxygens (including phenoxy) is 1. The van der Waals surface area contributed by atoms with Crippen LogP contribution in [0.15, 0.2) is 41.3 Å². The second kappa shape index (κ2) is 7.29. The Balaban J connectivity index is 1.95. The fourth-order valence-corrected chi connectivity index (χ4v) is 3.57. The maximum atomic E-state index is 13.1. The lowest BCUT2D eigenvalue weighted by Gasteiger charge is -2.11. The van der Waals surface area contributed by atoms with Crippen molar-refractivity contribution in [1.29, 1.82) is 0 Å². The molecule has 0 aliphatic rings. The molecule has 0 aliphatic carbocycles. The van der Waals surface area contributed by atoms with Crippen molar-refractivity contribution in [2.24, 2.45) is 0 Å². The first-order chi connectivity index (χ1) is 10.8. The molecule has 0 bridgehead atoms. The standard InChI is InChI=1S/C16H17ClFNO3S/c1-11-9-13(17)3-5-15(11)22-8-7-19-23(20,21)16-6-4-14(18)10-12(16)2/h3-6,9-10,19H,7-8H2,1-2H3. The van der Waals surface area contributed by atoms with Crippen LogP contribution in [0.5, 0.6) is 5.75 Å². The Labute approximate surface area is 140 Å². The normalized spacial score (nSPS) is 11.5. The van der Waals surface area contributed by atoms with E-state index in [1.165, 1.54) is 12.1 Å². The summed E-state index contributed by atoms with van der Waals surface area (Å²) in [5.74, 6) is 0.176. The zero-order chi connectivity index (χ0) is 17.0. The maximum Gasteiger partial charge on any atom is 0.240 e. The lowest BCUT2D eigenvalue weighted by Crippen LogP contribution is -2.28. The van der Waals surface area contributed by atoms with Crippen molar-refractivity contribution in [1.82, 2.24) is 4.72 Å². The lowest BCUT2D eigenvalue weighted by atomic mass is 10.2. The molecule has 1 N–H and O–H groups in total. The molecule has 23 heavy (non-hydrogen) atoms. The summed E-state index contributed by atoms with van der Waals surface area (Å²) in [5.41, 5.74) is 1.22. The van der Waals surface area contributed by atoms with Crippen molar-refractivity contribution in [3.63, 3.8) is 0 Å². The van der Waals surface area contributed by atoms with Gasteiger partial charge in [-0.3, -0.25) is 0 Å². The smallest absolute Gasteiger partial charge is 0.240 e. The van der Waals surface area contributed by atoms with E-state index >= 15 is 0 Å². The second-order valence-corrected chi connectivity index (χ2v) is 7.24. The van der Waals surface area contributed by atoms with E-state index in [2.05, 4.69) is 4.72 Å². The van der Waals surface area contributed by atoms with Crippen LogP contribution in [-0.4, -0.2) is 21.6 Å². The molecular weight excluding hydrogens is 341 g/mol. The third-order valence-corrected chi connectivity index (χ3v) is 5.07. The highest BCUT2D eigenvalue weighted by Gasteiger charge is 2.16. The summed E-state index contributed by atoms with van der Waals surface area (Å²) in [7, 11) is -3.70. The van der Waals surface area contributed by atoms with Crippen LogP contribution in [0.2, 0.25) is 5.02 Å². The van der Waals surface area contributed by atoms with Crippen molar-refractivity contribution < 1.29 is 17.5 Å². The second-order valence-electron chi connectivity index (χ2n) is 5.07. The molecule has 0 aliphatic heterocycles. The number of sulfonamides is 1. The van der Waals surface area contributed by atoms with Crippen LogP contribution in [0, 0.1) is 19.7 Å². The van der Waals surface area contributed by atoms with Gasteiger partial charge >= 0.3 is 0 Å². The minimum Gasteiger partial charge on any atom is -0.492 e. The molecule has 0 fully saturated rings. The number of hydrogen-bond donors (Lipinski definition) is 1. The minimum atomic E-state index is -3.70. The number of halogens is 2. The number of hydrogen-bond acceptors (Lipinski definition) is 3. The molecule has 0 saturated heterocycles. The van der Waals surface area contributed by atoms with Crippen LogP contribution in [-0.2, 0) is 10.0 Å². The molecule has 2 rings (SSSR count). The van der Waals surface area contributed by atoms with E-state index in [4.69, 9.17) is 16.3 Å². The maximum absolute atomic E-state index is 13.1. The van der Waals surface area contributed by atoms with Gasteiger partial charge in [0.25, 0.3) is 0 Å². The quantitative estimate of drug-likeness (QED) is 0.805. The van der Waals surface area contributed by atoms with Crippen molar-refractivity contribution in [2.75, 3.05) is 13.2 Å². The summed E-state index contributed by atoms with van der Waals surface area (Å²) in [6.45, 7) is 3.67. The van der Waals surface area contributed by atoms with Crippen LogP contribution >= 0.6 is 11.6 Å². The molecule has 2 aromatic carbocycles. The zero-order valence-electron chi connectivity index (χ0n) is 12.8. The first-order valence-electron chi connectivity index (χ1n) is 6.94. The summed E-state index contributed by atoms with van der Waals surface area (Å²) in [6.07, 6.45) is 0. The largest absolute Gasteiger partial charge is 0.492 e. The van der Waals surface area contributed by atoms with Crippen LogP contribution in [0.25, 0.3) is 0 Å². The molecule has 4 nitrogen and oxygen atoms in total. The van der Waals surface area contributed by atoms with E-state index in [0.717, 1.165) is 11.6 Å². The Morgan fingerprint density at radius 3 is 2.52 bits per heavy atom. The van der Waals surface area contributed by atoms with Crippen molar-refractivity contribution in [2.45, 2.75) is 18.7 Å². The lowest BCUT2D eigenvalue weighted by molar-refractivity contribution is 0.320. The molecule has 0 heterocycles. The highest BCUT2D eigenvalue weighted by Crippen LogP contribution is 2.21. The molecule has 0 saturated carbocycles. The third-order valence-electron chi connectivity index (χ3n) is 3.22. The van der Waals surface area contributed by atoms with E-state index in [0.29, 0.717) is 16.3 Å². The summed E-state index contributed by atoms with van der Waals surface area (Å²) in [4.78, 5) is 0.0570. The number of aryl methyl sites for hydroxylation is 2. The van der Waals surface area contributed by atoms with Gasteiger partial charge in [-0.2, -0.15) is 0 Å². The molecule has 7 heteroatoms. The number of benzene rings is 2. The summed E-state index contributed by atoms with van der Waals surface area (Å²) in [6, 6.07) is 8.75. The zero-order valence-corrected chi connectivity index (χ0v) is 14.3. The van der Waals surface area contributed by atoms with Crippen LogP contribution in [0.4, 0.5) is 4.39 Å². The number of rotatable bonds is 6. The summed E-state index contributed by atoms with van der Waals surface area (Å²) in [5, 5.41) is 0.613. The monoisotopic (exact) mass is 357 g/mol. The Morgan fingerprint density at radius 1 is 1.13 bits per heavy atom.